The van der Waals surface area contributed by atoms with Crippen LogP contribution in [0.1, 0.15) is 44.6 Å². The normalized spacial score (nSPS) is 12.7. The molecule has 0 radical (unpaired) electrons. The van der Waals surface area contributed by atoms with Gasteiger partial charge in [0.25, 0.3) is 0 Å². The molecule has 1 heterocycles. The SMILES string of the molecule is CCN(CC)C(CNc1cccc(C(=O)O)n1)CC(C)C. The number of likely N-dealkylation sites (N-methyl/N-ethyl adjacent to an activating group) is 1. The summed E-state index contributed by atoms with van der Waals surface area (Å²) in [6.07, 6.45) is 1.10. The van der Waals surface area contributed by atoms with Gasteiger partial charge in [-0.15, -0.1) is 0 Å². The van der Waals surface area contributed by atoms with Gasteiger partial charge in [-0.1, -0.05) is 33.8 Å². The number of aromatic nitrogens is 1. The van der Waals surface area contributed by atoms with Gasteiger partial charge in [-0.25, -0.2) is 9.78 Å². The lowest BCUT2D eigenvalue weighted by atomic mass is 10.0. The summed E-state index contributed by atoms with van der Waals surface area (Å²) < 4.78 is 0. The molecule has 1 aromatic rings. The summed E-state index contributed by atoms with van der Waals surface area (Å²) in [5, 5.41) is 12.2. The highest BCUT2D eigenvalue weighted by Crippen LogP contribution is 2.13. The standard InChI is InChI=1S/C16H27N3O2/c1-5-19(6-2)13(10-12(3)4)11-17-15-9-7-8-14(18-15)16(20)21/h7-9,12-13H,5-6,10-11H2,1-4H3,(H,17,18)(H,20,21). The molecule has 0 aliphatic heterocycles. The van der Waals surface area contributed by atoms with Crippen LogP contribution in [0.2, 0.25) is 0 Å². The first-order chi connectivity index (χ1) is 9.97. The second-order valence-corrected chi connectivity index (χ2v) is 5.60. The van der Waals surface area contributed by atoms with Crippen molar-refractivity contribution in [1.82, 2.24) is 9.88 Å². The van der Waals surface area contributed by atoms with Gasteiger partial charge in [0.15, 0.2) is 5.69 Å². The Bertz CT molecular complexity index is 445. The molecule has 0 aromatic carbocycles. The highest BCUT2D eigenvalue weighted by Gasteiger charge is 2.17. The molecule has 118 valence electrons. The van der Waals surface area contributed by atoms with Crippen LogP contribution in [0.4, 0.5) is 5.82 Å². The largest absolute Gasteiger partial charge is 0.477 e. The molecule has 0 aliphatic rings. The van der Waals surface area contributed by atoms with Crippen LogP contribution in [0.5, 0.6) is 0 Å². The van der Waals surface area contributed by atoms with Crippen molar-refractivity contribution in [2.45, 2.75) is 40.2 Å². The minimum atomic E-state index is -0.999. The molecule has 0 spiro atoms. The molecule has 1 atom stereocenters. The van der Waals surface area contributed by atoms with Gasteiger partial charge in [0, 0.05) is 12.6 Å². The Morgan fingerprint density at radius 1 is 1.33 bits per heavy atom. The molecule has 0 amide bonds. The molecule has 5 nitrogen and oxygen atoms in total. The summed E-state index contributed by atoms with van der Waals surface area (Å²) in [7, 11) is 0. The van der Waals surface area contributed by atoms with Crippen LogP contribution >= 0.6 is 0 Å². The summed E-state index contributed by atoms with van der Waals surface area (Å²) in [4.78, 5) is 17.5. The number of nitrogens with one attached hydrogen (secondary N) is 1. The van der Waals surface area contributed by atoms with Gasteiger partial charge in [0.1, 0.15) is 5.82 Å². The Kier molecular flexibility index (Phi) is 7.15. The van der Waals surface area contributed by atoms with E-state index in [0.717, 1.165) is 26.1 Å². The lowest BCUT2D eigenvalue weighted by molar-refractivity contribution is 0.0690. The van der Waals surface area contributed by atoms with Crippen molar-refractivity contribution in [2.75, 3.05) is 25.0 Å². The van der Waals surface area contributed by atoms with Crippen LogP contribution in [-0.4, -0.2) is 46.6 Å². The first-order valence-electron chi connectivity index (χ1n) is 7.66. The molecule has 0 saturated heterocycles. The predicted molar refractivity (Wildman–Crippen MR) is 85.9 cm³/mol. The van der Waals surface area contributed by atoms with E-state index in [1.54, 1.807) is 12.1 Å². The average molecular weight is 293 g/mol. The zero-order chi connectivity index (χ0) is 15.8. The van der Waals surface area contributed by atoms with Crippen LogP contribution in [0.15, 0.2) is 18.2 Å². The number of rotatable bonds is 9. The van der Waals surface area contributed by atoms with Crippen molar-refractivity contribution in [3.8, 4) is 0 Å². The third-order valence-corrected chi connectivity index (χ3v) is 3.56. The van der Waals surface area contributed by atoms with Gasteiger partial charge in [0.05, 0.1) is 0 Å². The van der Waals surface area contributed by atoms with E-state index < -0.39 is 5.97 Å². The summed E-state index contributed by atoms with van der Waals surface area (Å²) >= 11 is 0. The Labute approximate surface area is 127 Å². The molecule has 0 aliphatic carbocycles. The fraction of sp³-hybridized carbons (Fsp3) is 0.625. The maximum Gasteiger partial charge on any atom is 0.354 e. The average Bonchev–Trinajstić information content (AvgIpc) is 2.45. The number of carboxylic acids is 1. The van der Waals surface area contributed by atoms with E-state index in [9.17, 15) is 4.79 Å². The van der Waals surface area contributed by atoms with Gasteiger partial charge in [-0.2, -0.15) is 0 Å². The van der Waals surface area contributed by atoms with Gasteiger partial charge >= 0.3 is 5.97 Å². The molecule has 0 fully saturated rings. The van der Waals surface area contributed by atoms with E-state index in [0.29, 0.717) is 17.8 Å². The number of hydrogen-bond donors (Lipinski definition) is 2. The third kappa shape index (κ3) is 5.71. The predicted octanol–water partition coefficient (Wildman–Crippen LogP) is 2.95. The van der Waals surface area contributed by atoms with Crippen LogP contribution < -0.4 is 5.32 Å². The van der Waals surface area contributed by atoms with Crippen molar-refractivity contribution in [2.24, 2.45) is 5.92 Å². The third-order valence-electron chi connectivity index (χ3n) is 3.56. The summed E-state index contributed by atoms with van der Waals surface area (Å²) in [5.41, 5.74) is 0.0725. The molecular weight excluding hydrogens is 266 g/mol. The van der Waals surface area contributed by atoms with Gasteiger partial charge in [-0.05, 0) is 37.6 Å². The second kappa shape index (κ2) is 8.62. The minimum absolute atomic E-state index is 0.0725. The molecule has 5 heteroatoms. The summed E-state index contributed by atoms with van der Waals surface area (Å²) in [5.74, 6) is 0.243. The number of carbonyl (C=O) groups is 1. The minimum Gasteiger partial charge on any atom is -0.477 e. The van der Waals surface area contributed by atoms with Crippen molar-refractivity contribution in [3.05, 3.63) is 23.9 Å². The Morgan fingerprint density at radius 2 is 2.00 bits per heavy atom. The molecule has 1 unspecified atom stereocenters. The number of anilines is 1. The van der Waals surface area contributed by atoms with Crippen LogP contribution in [0, 0.1) is 5.92 Å². The lowest BCUT2D eigenvalue weighted by Crippen LogP contribution is -2.41. The number of hydrogen-bond acceptors (Lipinski definition) is 4. The molecule has 2 N–H and O–H groups in total. The maximum absolute atomic E-state index is 10.9. The molecule has 1 rings (SSSR count). The van der Waals surface area contributed by atoms with E-state index in [2.05, 4.69) is 42.9 Å². The first-order valence-corrected chi connectivity index (χ1v) is 7.66. The van der Waals surface area contributed by atoms with E-state index in [1.807, 2.05) is 0 Å². The Balaban J connectivity index is 2.71. The lowest BCUT2D eigenvalue weighted by Gasteiger charge is -2.31. The quantitative estimate of drug-likeness (QED) is 0.733. The number of nitrogens with zero attached hydrogens (tertiary/aromatic N) is 2. The van der Waals surface area contributed by atoms with Gasteiger partial charge in [0.2, 0.25) is 0 Å². The molecule has 0 bridgehead atoms. The smallest absolute Gasteiger partial charge is 0.354 e. The zero-order valence-electron chi connectivity index (χ0n) is 13.5. The monoisotopic (exact) mass is 293 g/mol. The molecule has 21 heavy (non-hydrogen) atoms. The van der Waals surface area contributed by atoms with E-state index in [4.69, 9.17) is 5.11 Å². The van der Waals surface area contributed by atoms with Crippen molar-refractivity contribution >= 4 is 11.8 Å². The van der Waals surface area contributed by atoms with Crippen LogP contribution in [0.25, 0.3) is 0 Å². The molecular formula is C16H27N3O2. The van der Waals surface area contributed by atoms with Gasteiger partial charge < -0.3 is 10.4 Å². The Hall–Kier alpha value is -1.62. The first kappa shape index (κ1) is 17.4. The fourth-order valence-electron chi connectivity index (χ4n) is 2.52. The van der Waals surface area contributed by atoms with Gasteiger partial charge in [-0.3, -0.25) is 4.90 Å². The van der Waals surface area contributed by atoms with Crippen molar-refractivity contribution in [3.63, 3.8) is 0 Å². The van der Waals surface area contributed by atoms with Crippen molar-refractivity contribution in [1.29, 1.82) is 0 Å². The summed E-state index contributed by atoms with van der Waals surface area (Å²) in [6.45, 7) is 11.6. The summed E-state index contributed by atoms with van der Waals surface area (Å²) in [6, 6.07) is 5.45. The van der Waals surface area contributed by atoms with E-state index in [1.165, 1.54) is 6.07 Å². The highest BCUT2D eigenvalue weighted by atomic mass is 16.4. The highest BCUT2D eigenvalue weighted by molar-refractivity contribution is 5.85. The maximum atomic E-state index is 10.9. The zero-order valence-corrected chi connectivity index (χ0v) is 13.5. The second-order valence-electron chi connectivity index (χ2n) is 5.60. The topological polar surface area (TPSA) is 65.5 Å². The molecule has 0 saturated carbocycles. The molecule has 1 aromatic heterocycles. The Morgan fingerprint density at radius 3 is 2.52 bits per heavy atom. The van der Waals surface area contributed by atoms with E-state index in [-0.39, 0.29) is 5.69 Å². The van der Waals surface area contributed by atoms with Crippen LogP contribution in [0.3, 0.4) is 0 Å². The van der Waals surface area contributed by atoms with E-state index >= 15 is 0 Å². The number of carboxylic acid groups (broad SMARTS) is 1. The van der Waals surface area contributed by atoms with Crippen LogP contribution in [-0.2, 0) is 0 Å². The fourth-order valence-corrected chi connectivity index (χ4v) is 2.52. The number of pyridine rings is 1. The van der Waals surface area contributed by atoms with Crippen molar-refractivity contribution < 1.29 is 9.90 Å². The number of aromatic carboxylic acids is 1.